The van der Waals surface area contributed by atoms with Crippen molar-refractivity contribution in [2.24, 2.45) is 10.7 Å². The predicted molar refractivity (Wildman–Crippen MR) is 67.5 cm³/mol. The molecule has 0 bridgehead atoms. The van der Waals surface area contributed by atoms with Crippen LogP contribution in [0.4, 0.5) is 4.39 Å². The van der Waals surface area contributed by atoms with E-state index < -0.39 is 0 Å². The van der Waals surface area contributed by atoms with Crippen molar-refractivity contribution in [1.82, 2.24) is 5.32 Å². The highest BCUT2D eigenvalue weighted by Crippen LogP contribution is 2.18. The summed E-state index contributed by atoms with van der Waals surface area (Å²) in [6.45, 7) is 0.231. The van der Waals surface area contributed by atoms with Crippen molar-refractivity contribution in [2.75, 3.05) is 0 Å². The first-order valence-electron chi connectivity index (χ1n) is 5.65. The summed E-state index contributed by atoms with van der Waals surface area (Å²) in [5, 5.41) is 3.48. The monoisotopic (exact) mass is 255 g/mol. The molecule has 3 N–H and O–H groups in total. The van der Waals surface area contributed by atoms with E-state index in [1.165, 1.54) is 12.5 Å². The molecule has 1 aliphatic carbocycles. The third-order valence-electron chi connectivity index (χ3n) is 2.89. The van der Waals surface area contributed by atoms with Gasteiger partial charge in [0.1, 0.15) is 5.82 Å². The van der Waals surface area contributed by atoms with Gasteiger partial charge in [-0.2, -0.15) is 0 Å². The Bertz CT molecular complexity index is 430. The Balaban J connectivity index is 1.93. The Morgan fingerprint density at radius 2 is 2.29 bits per heavy atom. The average Bonchev–Trinajstić information content (AvgIpc) is 2.22. The molecule has 0 atom stereocenters. The number of aliphatic imine (C=N–C) groups is 1. The van der Waals surface area contributed by atoms with E-state index in [0.29, 0.717) is 22.6 Å². The maximum absolute atomic E-state index is 13.4. The molecular weight excluding hydrogens is 241 g/mol. The summed E-state index contributed by atoms with van der Waals surface area (Å²) in [6.07, 6.45) is 3.49. The van der Waals surface area contributed by atoms with Crippen LogP contribution in [0.3, 0.4) is 0 Å². The molecule has 2 rings (SSSR count). The van der Waals surface area contributed by atoms with E-state index in [2.05, 4.69) is 10.3 Å². The van der Waals surface area contributed by atoms with Crippen LogP contribution in [0, 0.1) is 5.82 Å². The van der Waals surface area contributed by atoms with Gasteiger partial charge in [-0.3, -0.25) is 0 Å². The number of nitrogens with one attached hydrogen (secondary N) is 1. The molecule has 0 radical (unpaired) electrons. The maximum atomic E-state index is 13.4. The standard InChI is InChI=1S/C12H15ClFN3/c13-9-5-4-8(11(14)6-9)7-16-12(15)17-10-2-1-3-10/h4-6,10H,1-3,7H2,(H3,15,16,17). The van der Waals surface area contributed by atoms with Crippen molar-refractivity contribution in [3.8, 4) is 0 Å². The molecule has 0 heterocycles. The summed E-state index contributed by atoms with van der Waals surface area (Å²) in [4.78, 5) is 4.11. The number of guanidine groups is 1. The minimum Gasteiger partial charge on any atom is -0.370 e. The Hall–Kier alpha value is -1.29. The van der Waals surface area contributed by atoms with Gasteiger partial charge in [0.05, 0.1) is 6.54 Å². The van der Waals surface area contributed by atoms with Crippen LogP contribution in [-0.2, 0) is 6.54 Å². The van der Waals surface area contributed by atoms with Gasteiger partial charge in [0, 0.05) is 16.6 Å². The molecule has 0 saturated heterocycles. The van der Waals surface area contributed by atoms with Gasteiger partial charge in [-0.15, -0.1) is 0 Å². The van der Waals surface area contributed by atoms with Crippen LogP contribution in [0.1, 0.15) is 24.8 Å². The normalized spacial score (nSPS) is 16.7. The number of halogens is 2. The first-order valence-corrected chi connectivity index (χ1v) is 6.03. The van der Waals surface area contributed by atoms with Gasteiger partial charge in [-0.25, -0.2) is 9.38 Å². The molecule has 0 spiro atoms. The molecule has 0 amide bonds. The molecule has 0 aromatic heterocycles. The highest BCUT2D eigenvalue weighted by atomic mass is 35.5. The number of benzene rings is 1. The van der Waals surface area contributed by atoms with Crippen molar-refractivity contribution in [2.45, 2.75) is 31.8 Å². The second-order valence-corrected chi connectivity index (χ2v) is 4.65. The number of hydrogen-bond acceptors (Lipinski definition) is 1. The number of nitrogens with two attached hydrogens (primary N) is 1. The largest absolute Gasteiger partial charge is 0.370 e. The summed E-state index contributed by atoms with van der Waals surface area (Å²) in [5.74, 6) is 0.0294. The molecule has 17 heavy (non-hydrogen) atoms. The lowest BCUT2D eigenvalue weighted by Gasteiger charge is -2.26. The van der Waals surface area contributed by atoms with Crippen molar-refractivity contribution < 1.29 is 4.39 Å². The summed E-state index contributed by atoms with van der Waals surface area (Å²) in [5.41, 5.74) is 6.20. The molecule has 5 heteroatoms. The van der Waals surface area contributed by atoms with Gasteiger partial charge in [0.2, 0.25) is 0 Å². The van der Waals surface area contributed by atoms with Gasteiger partial charge in [-0.1, -0.05) is 17.7 Å². The van der Waals surface area contributed by atoms with E-state index in [9.17, 15) is 4.39 Å². The van der Waals surface area contributed by atoms with E-state index in [-0.39, 0.29) is 12.4 Å². The zero-order chi connectivity index (χ0) is 12.3. The smallest absolute Gasteiger partial charge is 0.189 e. The fourth-order valence-electron chi connectivity index (χ4n) is 1.63. The van der Waals surface area contributed by atoms with Gasteiger partial charge in [0.15, 0.2) is 5.96 Å². The lowest BCUT2D eigenvalue weighted by Crippen LogP contribution is -2.43. The first kappa shape index (κ1) is 12.2. The highest BCUT2D eigenvalue weighted by Gasteiger charge is 2.17. The molecule has 1 aromatic rings. The molecule has 1 fully saturated rings. The van der Waals surface area contributed by atoms with Crippen LogP contribution in [0.15, 0.2) is 23.2 Å². The van der Waals surface area contributed by atoms with Crippen molar-refractivity contribution in [3.63, 3.8) is 0 Å². The van der Waals surface area contributed by atoms with E-state index in [1.54, 1.807) is 12.1 Å². The van der Waals surface area contributed by atoms with Gasteiger partial charge < -0.3 is 11.1 Å². The molecular formula is C12H15ClFN3. The highest BCUT2D eigenvalue weighted by molar-refractivity contribution is 6.30. The zero-order valence-corrected chi connectivity index (χ0v) is 10.2. The third kappa shape index (κ3) is 3.33. The average molecular weight is 256 g/mol. The van der Waals surface area contributed by atoms with Gasteiger partial charge >= 0.3 is 0 Å². The number of hydrogen-bond donors (Lipinski definition) is 2. The summed E-state index contributed by atoms with van der Waals surface area (Å²) in [6, 6.07) is 4.99. The van der Waals surface area contributed by atoms with Crippen LogP contribution in [0.25, 0.3) is 0 Å². The Kier molecular flexibility index (Phi) is 3.84. The van der Waals surface area contributed by atoms with Crippen LogP contribution < -0.4 is 11.1 Å². The van der Waals surface area contributed by atoms with Gasteiger partial charge in [-0.05, 0) is 31.4 Å². The van der Waals surface area contributed by atoms with Crippen LogP contribution >= 0.6 is 11.6 Å². The van der Waals surface area contributed by atoms with E-state index >= 15 is 0 Å². The maximum Gasteiger partial charge on any atom is 0.189 e. The minimum absolute atomic E-state index is 0.231. The van der Waals surface area contributed by atoms with Gasteiger partial charge in [0.25, 0.3) is 0 Å². The lowest BCUT2D eigenvalue weighted by molar-refractivity contribution is 0.382. The van der Waals surface area contributed by atoms with Crippen LogP contribution in [-0.4, -0.2) is 12.0 Å². The van der Waals surface area contributed by atoms with E-state index in [0.717, 1.165) is 12.8 Å². The van der Waals surface area contributed by atoms with Crippen LogP contribution in [0.5, 0.6) is 0 Å². The van der Waals surface area contributed by atoms with Crippen LogP contribution in [0.2, 0.25) is 5.02 Å². The molecule has 1 aromatic carbocycles. The Labute approximate surface area is 105 Å². The Morgan fingerprint density at radius 3 is 2.88 bits per heavy atom. The quantitative estimate of drug-likeness (QED) is 0.644. The van der Waals surface area contributed by atoms with Crippen molar-refractivity contribution in [1.29, 1.82) is 0 Å². The second kappa shape index (κ2) is 5.36. The predicted octanol–water partition coefficient (Wildman–Crippen LogP) is 2.44. The molecule has 1 saturated carbocycles. The fraction of sp³-hybridized carbons (Fsp3) is 0.417. The fourth-order valence-corrected chi connectivity index (χ4v) is 1.79. The molecule has 1 aliphatic rings. The zero-order valence-electron chi connectivity index (χ0n) is 9.42. The second-order valence-electron chi connectivity index (χ2n) is 4.21. The number of nitrogens with zero attached hydrogens (tertiary/aromatic N) is 1. The molecule has 0 unspecified atom stereocenters. The third-order valence-corrected chi connectivity index (χ3v) is 3.13. The molecule has 3 nitrogen and oxygen atoms in total. The Morgan fingerprint density at radius 1 is 1.53 bits per heavy atom. The lowest BCUT2D eigenvalue weighted by atomic mass is 9.93. The SMILES string of the molecule is NC(=NCc1ccc(Cl)cc1F)NC1CCC1. The summed E-state index contributed by atoms with van der Waals surface area (Å²) in [7, 11) is 0. The summed E-state index contributed by atoms with van der Waals surface area (Å²) >= 11 is 5.66. The first-order chi connectivity index (χ1) is 8.15. The molecule has 0 aliphatic heterocycles. The molecule has 92 valence electrons. The minimum atomic E-state index is -0.349. The summed E-state index contributed by atoms with van der Waals surface area (Å²) < 4.78 is 13.4. The van der Waals surface area contributed by atoms with Crippen molar-refractivity contribution in [3.05, 3.63) is 34.6 Å². The number of rotatable bonds is 3. The van der Waals surface area contributed by atoms with Crippen molar-refractivity contribution >= 4 is 17.6 Å². The van der Waals surface area contributed by atoms with E-state index in [4.69, 9.17) is 17.3 Å². The topological polar surface area (TPSA) is 50.4 Å². The van der Waals surface area contributed by atoms with E-state index in [1.807, 2.05) is 0 Å².